The van der Waals surface area contributed by atoms with Crippen LogP contribution >= 0.6 is 11.6 Å². The molecule has 72 valence electrons. The maximum absolute atomic E-state index is 10.7. The molecule has 0 spiro atoms. The highest BCUT2D eigenvalue weighted by molar-refractivity contribution is 6.34. The van der Waals surface area contributed by atoms with Gasteiger partial charge in [0, 0.05) is 0 Å². The van der Waals surface area contributed by atoms with E-state index >= 15 is 0 Å². The average molecular weight is 213 g/mol. The zero-order valence-corrected chi connectivity index (χ0v) is 7.58. The van der Waals surface area contributed by atoms with Crippen molar-refractivity contribution in [1.82, 2.24) is 10.2 Å². The summed E-state index contributed by atoms with van der Waals surface area (Å²) in [4.78, 5) is 10.1. The molecule has 0 bridgehead atoms. The molecule has 0 aliphatic rings. The van der Waals surface area contributed by atoms with Gasteiger partial charge in [-0.05, 0) is 6.07 Å². The van der Waals surface area contributed by atoms with Crippen LogP contribution < -0.4 is 5.73 Å². The molecule has 1 aromatic heterocycles. The molecule has 7 heteroatoms. The van der Waals surface area contributed by atoms with Gasteiger partial charge in [0.2, 0.25) is 0 Å². The summed E-state index contributed by atoms with van der Waals surface area (Å²) >= 11 is 5.70. The number of hydrogen-bond donors (Lipinski definition) is 2. The summed E-state index contributed by atoms with van der Waals surface area (Å²) < 4.78 is 0. The largest absolute Gasteiger partial charge is 0.397 e. The van der Waals surface area contributed by atoms with Crippen LogP contribution in [0, 0.1) is 10.1 Å². The Bertz CT molecular complexity index is 522. The van der Waals surface area contributed by atoms with Crippen molar-refractivity contribution < 1.29 is 4.92 Å². The minimum absolute atomic E-state index is 0.0152. The Kier molecular flexibility index (Phi) is 1.78. The Morgan fingerprint density at radius 2 is 2.36 bits per heavy atom. The van der Waals surface area contributed by atoms with Crippen LogP contribution in [0.2, 0.25) is 5.02 Å². The quantitative estimate of drug-likeness (QED) is 0.427. The average Bonchev–Trinajstić information content (AvgIpc) is 2.51. The molecule has 0 amide bonds. The van der Waals surface area contributed by atoms with E-state index in [9.17, 15) is 10.1 Å². The Labute approximate surface area is 82.8 Å². The third kappa shape index (κ3) is 1.08. The number of nitrogens with two attached hydrogens (primary N) is 1. The molecule has 2 aromatic rings. The minimum Gasteiger partial charge on any atom is -0.397 e. The molecule has 0 aliphatic carbocycles. The highest BCUT2D eigenvalue weighted by Crippen LogP contribution is 2.35. The first kappa shape index (κ1) is 8.76. The number of hydrogen-bond acceptors (Lipinski definition) is 4. The first-order chi connectivity index (χ1) is 6.61. The highest BCUT2D eigenvalue weighted by Gasteiger charge is 2.20. The number of aromatic nitrogens is 2. The van der Waals surface area contributed by atoms with E-state index in [-0.39, 0.29) is 10.7 Å². The number of nitrogens with zero attached hydrogens (tertiary/aromatic N) is 2. The molecule has 1 heterocycles. The monoisotopic (exact) mass is 212 g/mol. The molecule has 6 nitrogen and oxygen atoms in total. The smallest absolute Gasteiger partial charge is 0.298 e. The van der Waals surface area contributed by atoms with Crippen molar-refractivity contribution in [2.45, 2.75) is 0 Å². The van der Waals surface area contributed by atoms with E-state index < -0.39 is 4.92 Å². The summed E-state index contributed by atoms with van der Waals surface area (Å²) in [5, 5.41) is 17.3. The number of H-pyrrole nitrogens is 1. The molecule has 1 aromatic carbocycles. The van der Waals surface area contributed by atoms with E-state index in [0.717, 1.165) is 0 Å². The second-order valence-corrected chi connectivity index (χ2v) is 3.12. The van der Waals surface area contributed by atoms with Crippen molar-refractivity contribution in [1.29, 1.82) is 0 Å². The highest BCUT2D eigenvalue weighted by atomic mass is 35.5. The van der Waals surface area contributed by atoms with Gasteiger partial charge in [0.1, 0.15) is 10.4 Å². The summed E-state index contributed by atoms with van der Waals surface area (Å²) in [6.45, 7) is 0. The van der Waals surface area contributed by atoms with E-state index in [4.69, 9.17) is 17.3 Å². The summed E-state index contributed by atoms with van der Waals surface area (Å²) in [6, 6.07) is 1.33. The predicted molar refractivity (Wildman–Crippen MR) is 52.2 cm³/mol. The van der Waals surface area contributed by atoms with E-state index in [1.165, 1.54) is 12.3 Å². The number of nitro benzene ring substituents is 1. The molecule has 3 N–H and O–H groups in total. The van der Waals surface area contributed by atoms with Crippen LogP contribution in [-0.2, 0) is 0 Å². The Morgan fingerprint density at radius 3 is 3.00 bits per heavy atom. The van der Waals surface area contributed by atoms with Gasteiger partial charge < -0.3 is 5.73 Å². The number of halogens is 1. The van der Waals surface area contributed by atoms with Crippen LogP contribution in [0.15, 0.2) is 12.3 Å². The predicted octanol–water partition coefficient (Wildman–Crippen LogP) is 1.71. The number of aromatic amines is 1. The van der Waals surface area contributed by atoms with Crippen molar-refractivity contribution in [2.24, 2.45) is 0 Å². The van der Waals surface area contributed by atoms with E-state index in [1.807, 2.05) is 0 Å². The maximum atomic E-state index is 10.7. The molecule has 2 rings (SSSR count). The second-order valence-electron chi connectivity index (χ2n) is 2.71. The summed E-state index contributed by atoms with van der Waals surface area (Å²) in [5.74, 6) is 0. The Hall–Kier alpha value is -1.82. The maximum Gasteiger partial charge on any atom is 0.298 e. The van der Waals surface area contributed by atoms with Gasteiger partial charge in [0.15, 0.2) is 0 Å². The van der Waals surface area contributed by atoms with Crippen LogP contribution in [0.25, 0.3) is 10.9 Å². The van der Waals surface area contributed by atoms with Gasteiger partial charge in [-0.2, -0.15) is 5.10 Å². The number of benzene rings is 1. The molecule has 0 saturated heterocycles. The third-order valence-electron chi connectivity index (χ3n) is 1.87. The molecule has 0 fully saturated rings. The van der Waals surface area contributed by atoms with Crippen molar-refractivity contribution >= 4 is 33.9 Å². The van der Waals surface area contributed by atoms with E-state index in [1.54, 1.807) is 0 Å². The van der Waals surface area contributed by atoms with Crippen LogP contribution in [0.1, 0.15) is 0 Å². The number of nitro groups is 1. The fraction of sp³-hybridized carbons (Fsp3) is 0. The molecule has 14 heavy (non-hydrogen) atoms. The van der Waals surface area contributed by atoms with Crippen molar-refractivity contribution in [3.05, 3.63) is 27.4 Å². The lowest BCUT2D eigenvalue weighted by molar-refractivity contribution is -0.382. The number of nitrogen functional groups attached to an aromatic ring is 1. The van der Waals surface area contributed by atoms with Crippen LogP contribution in [0.5, 0.6) is 0 Å². The molecule has 0 radical (unpaired) electrons. The lowest BCUT2D eigenvalue weighted by Crippen LogP contribution is -1.93. The summed E-state index contributed by atoms with van der Waals surface area (Å²) in [7, 11) is 0. The fourth-order valence-corrected chi connectivity index (χ4v) is 1.57. The molecule has 0 saturated carbocycles. The standard InChI is InChI=1S/C7H5ClN4O2/c8-4-1-5(9)6-3(2-10-11-6)7(4)12(13)14/h1-2H,9H2,(H,10,11). The zero-order valence-electron chi connectivity index (χ0n) is 6.82. The minimum atomic E-state index is -0.556. The van der Waals surface area contributed by atoms with Gasteiger partial charge in [-0.25, -0.2) is 0 Å². The van der Waals surface area contributed by atoms with E-state index in [0.29, 0.717) is 16.6 Å². The van der Waals surface area contributed by atoms with Crippen LogP contribution in [0.4, 0.5) is 11.4 Å². The summed E-state index contributed by atoms with van der Waals surface area (Å²) in [5.41, 5.74) is 6.19. The van der Waals surface area contributed by atoms with Gasteiger partial charge in [0.25, 0.3) is 5.69 Å². The van der Waals surface area contributed by atoms with Gasteiger partial charge in [-0.15, -0.1) is 0 Å². The zero-order chi connectivity index (χ0) is 10.3. The second kappa shape index (κ2) is 2.85. The Morgan fingerprint density at radius 1 is 1.64 bits per heavy atom. The van der Waals surface area contributed by atoms with E-state index in [2.05, 4.69) is 10.2 Å². The summed E-state index contributed by atoms with van der Waals surface area (Å²) in [6.07, 6.45) is 1.33. The van der Waals surface area contributed by atoms with Gasteiger partial charge in [-0.1, -0.05) is 11.6 Å². The molecule has 0 aliphatic heterocycles. The fourth-order valence-electron chi connectivity index (χ4n) is 1.28. The number of nitrogens with one attached hydrogen (secondary N) is 1. The van der Waals surface area contributed by atoms with Crippen LogP contribution in [0.3, 0.4) is 0 Å². The Balaban J connectivity index is 2.93. The van der Waals surface area contributed by atoms with Gasteiger partial charge in [-0.3, -0.25) is 15.2 Å². The number of fused-ring (bicyclic) bond motifs is 1. The van der Waals surface area contributed by atoms with Gasteiger partial charge >= 0.3 is 0 Å². The third-order valence-corrected chi connectivity index (χ3v) is 2.16. The van der Waals surface area contributed by atoms with Gasteiger partial charge in [0.05, 0.1) is 22.3 Å². The normalized spacial score (nSPS) is 10.6. The van der Waals surface area contributed by atoms with Crippen molar-refractivity contribution in [3.8, 4) is 0 Å². The molecular formula is C7H5ClN4O2. The first-order valence-electron chi connectivity index (χ1n) is 3.66. The molecule has 0 atom stereocenters. The van der Waals surface area contributed by atoms with Crippen molar-refractivity contribution in [2.75, 3.05) is 5.73 Å². The molecule has 0 unspecified atom stereocenters. The number of rotatable bonds is 1. The molecular weight excluding hydrogens is 208 g/mol. The lowest BCUT2D eigenvalue weighted by atomic mass is 10.2. The van der Waals surface area contributed by atoms with Crippen molar-refractivity contribution in [3.63, 3.8) is 0 Å². The topological polar surface area (TPSA) is 97.8 Å². The lowest BCUT2D eigenvalue weighted by Gasteiger charge is -1.99. The van der Waals surface area contributed by atoms with Crippen LogP contribution in [-0.4, -0.2) is 15.1 Å². The number of anilines is 1. The first-order valence-corrected chi connectivity index (χ1v) is 4.04. The SMILES string of the molecule is Nc1cc(Cl)c([N+](=O)[O-])c2cn[nH]c12.